The van der Waals surface area contributed by atoms with Crippen LogP contribution < -0.4 is 0 Å². The first-order chi connectivity index (χ1) is 9.28. The third kappa shape index (κ3) is 2.45. The lowest BCUT2D eigenvalue weighted by Gasteiger charge is -2.30. The first kappa shape index (κ1) is 15.4. The van der Waals surface area contributed by atoms with Crippen molar-refractivity contribution in [2.24, 2.45) is 0 Å². The maximum absolute atomic E-state index is 12.7. The third-order valence-electron chi connectivity index (χ3n) is 2.87. The second-order valence-corrected chi connectivity index (χ2v) is 6.21. The van der Waals surface area contributed by atoms with Gasteiger partial charge in [0.2, 0.25) is 11.6 Å². The quantitative estimate of drug-likeness (QED) is 0.622. The van der Waals surface area contributed by atoms with Gasteiger partial charge in [-0.3, -0.25) is 9.59 Å². The Morgan fingerprint density at radius 3 is 1.95 bits per heavy atom. The van der Waals surface area contributed by atoms with Crippen LogP contribution in [0.5, 0.6) is 0 Å². The molecule has 0 saturated carbocycles. The first-order valence-corrected chi connectivity index (χ1v) is 7.32. The highest BCUT2D eigenvalue weighted by Crippen LogP contribution is 2.37. The van der Waals surface area contributed by atoms with E-state index in [0.717, 1.165) is 4.47 Å². The highest BCUT2D eigenvalue weighted by atomic mass is 79.9. The lowest BCUT2D eigenvalue weighted by molar-refractivity contribution is -0.201. The predicted molar refractivity (Wildman–Crippen MR) is 78.0 cm³/mol. The van der Waals surface area contributed by atoms with Crippen LogP contribution in [-0.4, -0.2) is 29.6 Å². The van der Waals surface area contributed by atoms with E-state index in [1.807, 2.05) is 0 Å². The third-order valence-corrected chi connectivity index (χ3v) is 3.37. The number of carbonyl (C=O) groups excluding carboxylic acids is 2. The molecule has 0 heterocycles. The zero-order chi connectivity index (χ0) is 15.1. The minimum absolute atomic E-state index is 0.306. The first-order valence-electron chi connectivity index (χ1n) is 6.52. The number of halogens is 1. The van der Waals surface area contributed by atoms with Crippen molar-refractivity contribution in [3.05, 3.63) is 33.8 Å². The molecule has 0 aromatic heterocycles. The van der Waals surface area contributed by atoms with E-state index in [-0.39, 0.29) is 12.2 Å². The van der Waals surface area contributed by atoms with E-state index < -0.39 is 17.4 Å². The summed E-state index contributed by atoms with van der Waals surface area (Å²) in [5.41, 5.74) is 0.685. The highest BCUT2D eigenvalue weighted by molar-refractivity contribution is 9.10. The van der Waals surface area contributed by atoms with Crippen molar-refractivity contribution in [2.75, 3.05) is 0 Å². The summed E-state index contributed by atoms with van der Waals surface area (Å²) in [7, 11) is 0. The molecule has 1 aromatic rings. The van der Waals surface area contributed by atoms with Gasteiger partial charge in [-0.25, -0.2) is 0 Å². The molecule has 1 aliphatic carbocycles. The van der Waals surface area contributed by atoms with Crippen molar-refractivity contribution in [3.8, 4) is 0 Å². The van der Waals surface area contributed by atoms with E-state index in [1.54, 1.807) is 45.9 Å². The zero-order valence-corrected chi connectivity index (χ0v) is 13.5. The number of ether oxygens (including phenoxy) is 2. The number of fused-ring (bicyclic) bond motifs is 1. The van der Waals surface area contributed by atoms with Gasteiger partial charge >= 0.3 is 0 Å². The molecule has 1 aromatic carbocycles. The van der Waals surface area contributed by atoms with Gasteiger partial charge in [-0.2, -0.15) is 0 Å². The van der Waals surface area contributed by atoms with Crippen LogP contribution >= 0.6 is 15.9 Å². The minimum Gasteiger partial charge on any atom is -0.334 e. The summed E-state index contributed by atoms with van der Waals surface area (Å²) in [6, 6.07) is 4.98. The fourth-order valence-corrected chi connectivity index (χ4v) is 2.63. The average Bonchev–Trinajstić information content (AvgIpc) is 2.51. The van der Waals surface area contributed by atoms with Crippen LogP contribution in [0.15, 0.2) is 22.7 Å². The van der Waals surface area contributed by atoms with Crippen molar-refractivity contribution < 1.29 is 19.1 Å². The Morgan fingerprint density at radius 2 is 1.45 bits per heavy atom. The Hall–Kier alpha value is -1.04. The summed E-state index contributed by atoms with van der Waals surface area (Å²) in [6.07, 6.45) is -0.612. The number of hydrogen-bond acceptors (Lipinski definition) is 4. The van der Waals surface area contributed by atoms with E-state index in [4.69, 9.17) is 9.47 Å². The van der Waals surface area contributed by atoms with Gasteiger partial charge in [-0.05, 0) is 45.9 Å². The lowest BCUT2D eigenvalue weighted by Crippen LogP contribution is -2.50. The van der Waals surface area contributed by atoms with E-state index in [1.165, 1.54) is 0 Å². The molecule has 0 saturated heterocycles. The molecule has 0 N–H and O–H groups in total. The maximum atomic E-state index is 12.7. The van der Waals surface area contributed by atoms with Gasteiger partial charge < -0.3 is 9.47 Å². The highest BCUT2D eigenvalue weighted by Gasteiger charge is 2.57. The minimum atomic E-state index is -1.84. The Bertz CT molecular complexity index is 553. The van der Waals surface area contributed by atoms with Crippen molar-refractivity contribution in [2.45, 2.75) is 45.7 Å². The van der Waals surface area contributed by atoms with Gasteiger partial charge in [0.25, 0.3) is 5.79 Å². The monoisotopic (exact) mass is 340 g/mol. The average molecular weight is 341 g/mol. The van der Waals surface area contributed by atoms with Gasteiger partial charge in [0.1, 0.15) is 0 Å². The van der Waals surface area contributed by atoms with Crippen LogP contribution in [0.3, 0.4) is 0 Å². The lowest BCUT2D eigenvalue weighted by atomic mass is 10.1. The molecular formula is C15H17BrO4. The van der Waals surface area contributed by atoms with Crippen molar-refractivity contribution >= 4 is 27.5 Å². The van der Waals surface area contributed by atoms with E-state index in [2.05, 4.69) is 15.9 Å². The molecule has 0 spiro atoms. The summed E-state index contributed by atoms with van der Waals surface area (Å²) in [6.45, 7) is 7.08. The molecule has 0 radical (unpaired) electrons. The molecule has 0 fully saturated rings. The molecule has 2 rings (SSSR count). The molecule has 4 nitrogen and oxygen atoms in total. The van der Waals surface area contributed by atoms with Gasteiger partial charge in [-0.15, -0.1) is 0 Å². The zero-order valence-electron chi connectivity index (χ0n) is 11.9. The van der Waals surface area contributed by atoms with Gasteiger partial charge in [-0.1, -0.05) is 15.9 Å². The van der Waals surface area contributed by atoms with Crippen LogP contribution in [0.1, 0.15) is 48.4 Å². The fourth-order valence-electron chi connectivity index (χ4n) is 2.27. The van der Waals surface area contributed by atoms with Crippen LogP contribution in [0.25, 0.3) is 0 Å². The number of hydrogen-bond donors (Lipinski definition) is 0. The standard InChI is InChI=1S/C15H17BrO4/c1-8(2)19-15(20-9(3)4)13(17)11-6-5-10(16)7-12(11)14(15)18/h5-9H,1-4H3. The molecule has 20 heavy (non-hydrogen) atoms. The predicted octanol–water partition coefficient (Wildman–Crippen LogP) is 3.37. The van der Waals surface area contributed by atoms with Crippen LogP contribution in [-0.2, 0) is 9.47 Å². The fraction of sp³-hybridized carbons (Fsp3) is 0.467. The summed E-state index contributed by atoms with van der Waals surface area (Å²) in [4.78, 5) is 25.3. The number of benzene rings is 1. The van der Waals surface area contributed by atoms with E-state index in [0.29, 0.717) is 11.1 Å². The molecule has 108 valence electrons. The van der Waals surface area contributed by atoms with Crippen molar-refractivity contribution in [3.63, 3.8) is 0 Å². The topological polar surface area (TPSA) is 52.6 Å². The smallest absolute Gasteiger partial charge is 0.300 e. The van der Waals surface area contributed by atoms with Crippen molar-refractivity contribution in [1.29, 1.82) is 0 Å². The molecule has 0 amide bonds. The largest absolute Gasteiger partial charge is 0.334 e. The van der Waals surface area contributed by atoms with Gasteiger partial charge in [0.15, 0.2) is 0 Å². The van der Waals surface area contributed by atoms with Gasteiger partial charge in [0, 0.05) is 15.6 Å². The Balaban J connectivity index is 2.55. The molecular weight excluding hydrogens is 324 g/mol. The molecule has 0 aliphatic heterocycles. The maximum Gasteiger partial charge on any atom is 0.300 e. The number of ketones is 2. The Kier molecular flexibility index (Phi) is 4.14. The number of carbonyl (C=O) groups is 2. The Labute approximate surface area is 126 Å². The van der Waals surface area contributed by atoms with Gasteiger partial charge in [0.05, 0.1) is 12.2 Å². The van der Waals surface area contributed by atoms with Crippen LogP contribution in [0.2, 0.25) is 0 Å². The van der Waals surface area contributed by atoms with Crippen LogP contribution in [0, 0.1) is 0 Å². The summed E-state index contributed by atoms with van der Waals surface area (Å²) >= 11 is 3.31. The molecule has 0 atom stereocenters. The molecule has 0 bridgehead atoms. The molecule has 1 aliphatic rings. The SMILES string of the molecule is CC(C)OC1(OC(C)C)C(=O)c2ccc(Br)cc2C1=O. The summed E-state index contributed by atoms with van der Waals surface area (Å²) in [5.74, 6) is -2.69. The summed E-state index contributed by atoms with van der Waals surface area (Å²) < 4.78 is 12.0. The number of Topliss-reactive ketones (excluding diaryl/α,β-unsaturated/α-hetero) is 2. The van der Waals surface area contributed by atoms with Crippen molar-refractivity contribution in [1.82, 2.24) is 0 Å². The second-order valence-electron chi connectivity index (χ2n) is 5.30. The van der Waals surface area contributed by atoms with E-state index in [9.17, 15) is 9.59 Å². The Morgan fingerprint density at radius 1 is 0.950 bits per heavy atom. The van der Waals surface area contributed by atoms with E-state index >= 15 is 0 Å². The molecule has 5 heteroatoms. The summed E-state index contributed by atoms with van der Waals surface area (Å²) in [5, 5.41) is 0. The van der Waals surface area contributed by atoms with Crippen LogP contribution in [0.4, 0.5) is 0 Å². The molecule has 0 unspecified atom stereocenters. The normalized spacial score (nSPS) is 17.1. The second kappa shape index (κ2) is 5.39. The number of rotatable bonds is 4.